The monoisotopic (exact) mass is 283 g/mol. The topological polar surface area (TPSA) is 59.0 Å². The van der Waals surface area contributed by atoms with Gasteiger partial charge in [0.15, 0.2) is 0 Å². The first-order valence-corrected chi connectivity index (χ1v) is 7.33. The molecule has 0 saturated carbocycles. The summed E-state index contributed by atoms with van der Waals surface area (Å²) < 4.78 is 10.6. The summed E-state index contributed by atoms with van der Waals surface area (Å²) in [6.07, 6.45) is 3.51. The molecule has 2 aliphatic rings. The number of ether oxygens (including phenoxy) is 2. The summed E-state index contributed by atoms with van der Waals surface area (Å²) >= 11 is 0. The molecular formula is C15H25NO4. The number of carbonyl (C=O) groups excluding carboxylic acids is 1. The van der Waals surface area contributed by atoms with Gasteiger partial charge in [-0.1, -0.05) is 0 Å². The lowest BCUT2D eigenvalue weighted by Gasteiger charge is -2.26. The van der Waals surface area contributed by atoms with Crippen LogP contribution in [0.4, 0.5) is 4.79 Å². The maximum absolute atomic E-state index is 12.0. The number of hydrogen-bond donors (Lipinski definition) is 1. The molecule has 5 heteroatoms. The molecule has 114 valence electrons. The van der Waals surface area contributed by atoms with E-state index >= 15 is 0 Å². The molecule has 0 radical (unpaired) electrons. The van der Waals surface area contributed by atoms with Gasteiger partial charge in [-0.05, 0) is 45.6 Å². The van der Waals surface area contributed by atoms with Crippen LogP contribution in [0.25, 0.3) is 0 Å². The predicted octanol–water partition coefficient (Wildman–Crippen LogP) is 2.30. The zero-order chi connectivity index (χ0) is 14.8. The molecule has 2 rings (SSSR count). The summed E-state index contributed by atoms with van der Waals surface area (Å²) in [5.74, 6) is 0.0791. The minimum atomic E-state index is -0.511. The van der Waals surface area contributed by atoms with Crippen molar-refractivity contribution in [1.82, 2.24) is 4.90 Å². The summed E-state index contributed by atoms with van der Waals surface area (Å²) in [6.45, 7) is 7.50. The third-order valence-electron chi connectivity index (χ3n) is 3.67. The number of aliphatic hydroxyl groups is 1. The molecule has 2 atom stereocenters. The third-order valence-corrected chi connectivity index (χ3v) is 3.67. The average molecular weight is 283 g/mol. The van der Waals surface area contributed by atoms with E-state index in [1.807, 2.05) is 20.8 Å². The van der Waals surface area contributed by atoms with Gasteiger partial charge in [0.2, 0.25) is 0 Å². The summed E-state index contributed by atoms with van der Waals surface area (Å²) in [4.78, 5) is 13.7. The molecule has 0 aromatic carbocycles. The minimum Gasteiger partial charge on any atom is -0.501 e. The fourth-order valence-corrected chi connectivity index (χ4v) is 2.64. The van der Waals surface area contributed by atoms with E-state index in [9.17, 15) is 9.90 Å². The highest BCUT2D eigenvalue weighted by atomic mass is 16.6. The summed E-state index contributed by atoms with van der Waals surface area (Å²) in [6, 6.07) is 0. The van der Waals surface area contributed by atoms with Crippen molar-refractivity contribution in [2.24, 2.45) is 5.92 Å². The molecule has 20 heavy (non-hydrogen) atoms. The Balaban J connectivity index is 1.88. The Kier molecular flexibility index (Phi) is 4.58. The Bertz CT molecular complexity index is 386. The average Bonchev–Trinajstić information content (AvgIpc) is 2.86. The summed E-state index contributed by atoms with van der Waals surface area (Å²) in [7, 11) is 0. The van der Waals surface area contributed by atoms with Crippen LogP contribution in [-0.4, -0.2) is 47.5 Å². The Morgan fingerprint density at radius 3 is 2.90 bits per heavy atom. The maximum atomic E-state index is 12.0. The molecule has 5 nitrogen and oxygen atoms in total. The molecule has 1 fully saturated rings. The predicted molar refractivity (Wildman–Crippen MR) is 75.2 cm³/mol. The fourth-order valence-electron chi connectivity index (χ4n) is 2.64. The van der Waals surface area contributed by atoms with Gasteiger partial charge in [-0.2, -0.15) is 0 Å². The van der Waals surface area contributed by atoms with Crippen LogP contribution in [0.2, 0.25) is 0 Å². The first kappa shape index (κ1) is 15.2. The smallest absolute Gasteiger partial charge is 0.410 e. The maximum Gasteiger partial charge on any atom is 0.410 e. The Morgan fingerprint density at radius 1 is 1.55 bits per heavy atom. The lowest BCUT2D eigenvalue weighted by Crippen LogP contribution is -2.36. The van der Waals surface area contributed by atoms with Crippen LogP contribution in [-0.2, 0) is 9.47 Å². The van der Waals surface area contributed by atoms with Gasteiger partial charge in [0.05, 0.1) is 19.0 Å². The van der Waals surface area contributed by atoms with E-state index in [4.69, 9.17) is 9.47 Å². The molecular weight excluding hydrogens is 258 g/mol. The molecule has 0 aromatic heterocycles. The number of carbonyl (C=O) groups is 1. The number of aliphatic hydroxyl groups excluding tert-OH is 1. The van der Waals surface area contributed by atoms with Gasteiger partial charge in [-0.25, -0.2) is 4.79 Å². The molecule has 1 amide bonds. The van der Waals surface area contributed by atoms with Crippen LogP contribution in [0.15, 0.2) is 11.8 Å². The van der Waals surface area contributed by atoms with Gasteiger partial charge in [0.1, 0.15) is 5.60 Å². The number of hydrogen-bond acceptors (Lipinski definition) is 4. The van der Waals surface area contributed by atoms with Crippen molar-refractivity contribution in [3.8, 4) is 0 Å². The lowest BCUT2D eigenvalue weighted by molar-refractivity contribution is 0.0274. The molecule has 1 saturated heterocycles. The molecule has 0 spiro atoms. The second kappa shape index (κ2) is 6.04. The summed E-state index contributed by atoms with van der Waals surface area (Å²) in [5, 5.41) is 10.4. The van der Waals surface area contributed by atoms with E-state index in [1.165, 1.54) is 0 Å². The Hall–Kier alpha value is -1.23. The van der Waals surface area contributed by atoms with Crippen LogP contribution in [0.1, 0.15) is 40.0 Å². The second-order valence-electron chi connectivity index (χ2n) is 6.59. The summed E-state index contributed by atoms with van der Waals surface area (Å²) in [5.41, 5.74) is 0.473. The number of rotatable bonds is 2. The lowest BCUT2D eigenvalue weighted by atomic mass is 9.92. The van der Waals surface area contributed by atoms with E-state index < -0.39 is 11.7 Å². The molecule has 0 bridgehead atoms. The standard InChI is InChI=1S/C15H25NO4/c1-15(2,3)20-14(18)16-7-6-11(9-16)13(17)12-5-4-8-19-10-12/h10-11,13,17H,4-9H2,1-3H3. The fraction of sp³-hybridized carbons (Fsp3) is 0.800. The highest BCUT2D eigenvalue weighted by molar-refractivity contribution is 5.68. The van der Waals surface area contributed by atoms with Crippen molar-refractivity contribution < 1.29 is 19.4 Å². The normalized spacial score (nSPS) is 24.9. The van der Waals surface area contributed by atoms with Crippen LogP contribution in [0, 0.1) is 5.92 Å². The highest BCUT2D eigenvalue weighted by Gasteiger charge is 2.34. The largest absolute Gasteiger partial charge is 0.501 e. The number of likely N-dealkylation sites (tertiary alicyclic amines) is 1. The van der Waals surface area contributed by atoms with E-state index in [0.717, 1.165) is 31.4 Å². The molecule has 2 heterocycles. The van der Waals surface area contributed by atoms with Crippen LogP contribution >= 0.6 is 0 Å². The molecule has 2 aliphatic heterocycles. The molecule has 0 aliphatic carbocycles. The highest BCUT2D eigenvalue weighted by Crippen LogP contribution is 2.28. The van der Waals surface area contributed by atoms with Crippen molar-refractivity contribution >= 4 is 6.09 Å². The van der Waals surface area contributed by atoms with Crippen molar-refractivity contribution in [2.75, 3.05) is 19.7 Å². The van der Waals surface area contributed by atoms with Gasteiger partial charge in [-0.3, -0.25) is 0 Å². The van der Waals surface area contributed by atoms with Crippen LogP contribution in [0.5, 0.6) is 0 Å². The molecule has 2 unspecified atom stereocenters. The van der Waals surface area contributed by atoms with Crippen molar-refractivity contribution in [2.45, 2.75) is 51.7 Å². The zero-order valence-corrected chi connectivity index (χ0v) is 12.6. The van der Waals surface area contributed by atoms with Crippen LogP contribution < -0.4 is 0 Å². The first-order valence-electron chi connectivity index (χ1n) is 7.33. The van der Waals surface area contributed by atoms with Crippen molar-refractivity contribution in [3.05, 3.63) is 11.8 Å². The number of nitrogens with zero attached hydrogens (tertiary/aromatic N) is 1. The van der Waals surface area contributed by atoms with Gasteiger partial charge in [0, 0.05) is 19.0 Å². The van der Waals surface area contributed by atoms with Gasteiger partial charge >= 0.3 is 6.09 Å². The first-order chi connectivity index (χ1) is 9.37. The van der Waals surface area contributed by atoms with Gasteiger partial charge in [-0.15, -0.1) is 0 Å². The van der Waals surface area contributed by atoms with E-state index in [1.54, 1.807) is 11.2 Å². The minimum absolute atomic E-state index is 0.0791. The SMILES string of the molecule is CC(C)(C)OC(=O)N1CCC(C(O)C2=COCCC2)C1. The second-order valence-corrected chi connectivity index (χ2v) is 6.59. The van der Waals surface area contributed by atoms with E-state index in [-0.39, 0.29) is 12.0 Å². The van der Waals surface area contributed by atoms with E-state index in [0.29, 0.717) is 13.1 Å². The zero-order valence-electron chi connectivity index (χ0n) is 12.6. The quantitative estimate of drug-likeness (QED) is 0.845. The third kappa shape index (κ3) is 3.88. The van der Waals surface area contributed by atoms with Crippen LogP contribution in [0.3, 0.4) is 0 Å². The van der Waals surface area contributed by atoms with Crippen molar-refractivity contribution in [3.63, 3.8) is 0 Å². The van der Waals surface area contributed by atoms with Gasteiger partial charge in [0.25, 0.3) is 0 Å². The Labute approximate surface area is 120 Å². The van der Waals surface area contributed by atoms with Gasteiger partial charge < -0.3 is 19.5 Å². The Morgan fingerprint density at radius 2 is 2.30 bits per heavy atom. The molecule has 0 aromatic rings. The number of amides is 1. The van der Waals surface area contributed by atoms with Crippen molar-refractivity contribution in [1.29, 1.82) is 0 Å². The molecule has 1 N–H and O–H groups in total. The van der Waals surface area contributed by atoms with E-state index in [2.05, 4.69) is 0 Å².